The van der Waals surface area contributed by atoms with E-state index >= 15 is 0 Å². The number of carbonyl (C=O) groups excluding carboxylic acids is 1. The van der Waals surface area contributed by atoms with Gasteiger partial charge >= 0.3 is 0 Å². The topological polar surface area (TPSA) is 38.3 Å². The van der Waals surface area contributed by atoms with Crippen LogP contribution in [0.15, 0.2) is 29.8 Å². The monoisotopic (exact) mass is 341 g/mol. The van der Waals surface area contributed by atoms with Crippen molar-refractivity contribution in [3.63, 3.8) is 0 Å². The lowest BCUT2D eigenvalue weighted by molar-refractivity contribution is -0.127. The van der Waals surface area contributed by atoms with E-state index in [4.69, 9.17) is 27.9 Å². The third-order valence-corrected chi connectivity index (χ3v) is 4.08. The maximum Gasteiger partial charge on any atom is 0.260 e. The molecule has 0 aliphatic heterocycles. The van der Waals surface area contributed by atoms with Gasteiger partial charge in [0.25, 0.3) is 5.91 Å². The van der Waals surface area contributed by atoms with Crippen LogP contribution < -0.4 is 10.1 Å². The lowest BCUT2D eigenvalue weighted by Crippen LogP contribution is -2.37. The van der Waals surface area contributed by atoms with Gasteiger partial charge in [-0.3, -0.25) is 4.79 Å². The Morgan fingerprint density at radius 2 is 2.00 bits per heavy atom. The number of nitrogens with one attached hydrogen (secondary N) is 1. The predicted octanol–water partition coefficient (Wildman–Crippen LogP) is 4.77. The van der Waals surface area contributed by atoms with Crippen molar-refractivity contribution in [3.05, 3.63) is 39.9 Å². The first-order valence-corrected chi connectivity index (χ1v) is 8.38. The fraction of sp³-hybridized carbons (Fsp3) is 0.471. The highest BCUT2D eigenvalue weighted by Crippen LogP contribution is 2.25. The zero-order chi connectivity index (χ0) is 15.9. The largest absolute Gasteiger partial charge is 0.481 e. The van der Waals surface area contributed by atoms with Gasteiger partial charge in [-0.2, -0.15) is 0 Å². The summed E-state index contributed by atoms with van der Waals surface area (Å²) < 4.78 is 5.58. The molecule has 0 fully saturated rings. The Bertz CT molecular complexity index is 537. The van der Waals surface area contributed by atoms with E-state index in [9.17, 15) is 4.79 Å². The Balaban J connectivity index is 1.77. The molecule has 22 heavy (non-hydrogen) atoms. The minimum Gasteiger partial charge on any atom is -0.481 e. The van der Waals surface area contributed by atoms with Crippen LogP contribution in [0.2, 0.25) is 10.0 Å². The second-order valence-electron chi connectivity index (χ2n) is 5.51. The summed E-state index contributed by atoms with van der Waals surface area (Å²) in [7, 11) is 0. The van der Waals surface area contributed by atoms with Gasteiger partial charge in [-0.05, 0) is 57.2 Å². The van der Waals surface area contributed by atoms with Gasteiger partial charge in [0.05, 0.1) is 0 Å². The number of carbonyl (C=O) groups is 1. The van der Waals surface area contributed by atoms with Crippen LogP contribution in [0.25, 0.3) is 0 Å². The van der Waals surface area contributed by atoms with Crippen LogP contribution in [-0.4, -0.2) is 18.6 Å². The van der Waals surface area contributed by atoms with Crippen molar-refractivity contribution in [3.8, 4) is 5.75 Å². The van der Waals surface area contributed by atoms with Gasteiger partial charge in [0.1, 0.15) is 5.75 Å². The number of allylic oxidation sites excluding steroid dienone is 1. The molecule has 120 valence electrons. The first-order valence-electron chi connectivity index (χ1n) is 7.63. The van der Waals surface area contributed by atoms with Crippen molar-refractivity contribution in [1.29, 1.82) is 0 Å². The molecular formula is C17H21Cl2NO2. The van der Waals surface area contributed by atoms with Crippen molar-refractivity contribution in [2.24, 2.45) is 0 Å². The summed E-state index contributed by atoms with van der Waals surface area (Å²) in [6, 6.07) is 4.91. The SMILES string of the molecule is C[C@@H](Oc1cc(Cl)cc(Cl)c1)C(=O)NCCC1=CCCCC1. The molecule has 1 aromatic carbocycles. The van der Waals surface area contributed by atoms with Gasteiger partial charge in [0, 0.05) is 16.6 Å². The maximum absolute atomic E-state index is 12.0. The summed E-state index contributed by atoms with van der Waals surface area (Å²) in [5, 5.41) is 3.88. The molecule has 2 rings (SSSR count). The predicted molar refractivity (Wildman–Crippen MR) is 90.7 cm³/mol. The second kappa shape index (κ2) is 8.44. The third kappa shape index (κ3) is 5.54. The first kappa shape index (κ1) is 17.2. The molecule has 0 saturated heterocycles. The van der Waals surface area contributed by atoms with E-state index in [-0.39, 0.29) is 5.91 Å². The van der Waals surface area contributed by atoms with Crippen molar-refractivity contribution in [2.75, 3.05) is 6.54 Å². The molecule has 0 unspecified atom stereocenters. The van der Waals surface area contributed by atoms with Crippen molar-refractivity contribution in [2.45, 2.75) is 45.1 Å². The summed E-state index contributed by atoms with van der Waals surface area (Å²) in [5.41, 5.74) is 1.45. The number of rotatable bonds is 6. The Labute approximate surface area is 141 Å². The van der Waals surface area contributed by atoms with Crippen LogP contribution in [0.3, 0.4) is 0 Å². The standard InChI is InChI=1S/C17H21Cl2NO2/c1-12(22-16-10-14(18)9-15(19)11-16)17(21)20-8-7-13-5-3-2-4-6-13/h5,9-12H,2-4,6-8H2,1H3,(H,20,21)/t12-/m1/s1. The summed E-state index contributed by atoms with van der Waals surface area (Å²) in [6.07, 6.45) is 7.49. The molecule has 0 heterocycles. The smallest absolute Gasteiger partial charge is 0.260 e. The van der Waals surface area contributed by atoms with Gasteiger partial charge in [-0.1, -0.05) is 34.9 Å². The number of hydrogen-bond donors (Lipinski definition) is 1. The van der Waals surface area contributed by atoms with Gasteiger partial charge in [-0.25, -0.2) is 0 Å². The van der Waals surface area contributed by atoms with Crippen LogP contribution >= 0.6 is 23.2 Å². The van der Waals surface area contributed by atoms with E-state index in [1.54, 1.807) is 25.1 Å². The highest BCUT2D eigenvalue weighted by Gasteiger charge is 2.15. The molecule has 0 bridgehead atoms. The lowest BCUT2D eigenvalue weighted by Gasteiger charge is -2.16. The van der Waals surface area contributed by atoms with E-state index < -0.39 is 6.10 Å². The number of benzene rings is 1. The molecule has 0 aromatic heterocycles. The van der Waals surface area contributed by atoms with Crippen LogP contribution in [0.4, 0.5) is 0 Å². The summed E-state index contributed by atoms with van der Waals surface area (Å²) in [6.45, 7) is 2.36. The Morgan fingerprint density at radius 3 is 2.64 bits per heavy atom. The highest BCUT2D eigenvalue weighted by atomic mass is 35.5. The highest BCUT2D eigenvalue weighted by molar-refractivity contribution is 6.34. The van der Waals surface area contributed by atoms with Crippen molar-refractivity contribution >= 4 is 29.1 Å². The molecule has 1 aliphatic rings. The van der Waals surface area contributed by atoms with Gasteiger partial charge in [-0.15, -0.1) is 0 Å². The zero-order valence-electron chi connectivity index (χ0n) is 12.7. The Kier molecular flexibility index (Phi) is 6.59. The van der Waals surface area contributed by atoms with Gasteiger partial charge in [0.2, 0.25) is 0 Å². The fourth-order valence-corrected chi connectivity index (χ4v) is 2.98. The molecule has 0 radical (unpaired) electrons. The van der Waals surface area contributed by atoms with Crippen LogP contribution in [0, 0.1) is 0 Å². The Hall–Kier alpha value is -1.19. The molecular weight excluding hydrogens is 321 g/mol. The minimum atomic E-state index is -0.588. The van der Waals surface area contributed by atoms with Crippen LogP contribution in [-0.2, 0) is 4.79 Å². The second-order valence-corrected chi connectivity index (χ2v) is 6.39. The van der Waals surface area contributed by atoms with Gasteiger partial charge in [0.15, 0.2) is 6.10 Å². The molecule has 3 nitrogen and oxygen atoms in total. The minimum absolute atomic E-state index is 0.132. The number of ether oxygens (including phenoxy) is 1. The summed E-state index contributed by atoms with van der Waals surface area (Å²) in [4.78, 5) is 12.0. The number of hydrogen-bond acceptors (Lipinski definition) is 2. The molecule has 0 spiro atoms. The molecule has 1 N–H and O–H groups in total. The maximum atomic E-state index is 12.0. The number of amides is 1. The molecule has 1 atom stereocenters. The molecule has 1 aliphatic carbocycles. The normalized spacial score (nSPS) is 15.9. The van der Waals surface area contributed by atoms with Crippen molar-refractivity contribution in [1.82, 2.24) is 5.32 Å². The van der Waals surface area contributed by atoms with E-state index in [2.05, 4.69) is 11.4 Å². The quantitative estimate of drug-likeness (QED) is 0.757. The van der Waals surface area contributed by atoms with Gasteiger partial charge < -0.3 is 10.1 Å². The van der Waals surface area contributed by atoms with E-state index in [1.165, 1.54) is 18.4 Å². The molecule has 1 amide bonds. The summed E-state index contributed by atoms with van der Waals surface area (Å²) in [5.74, 6) is 0.364. The zero-order valence-corrected chi connectivity index (χ0v) is 14.2. The molecule has 5 heteroatoms. The first-order chi connectivity index (χ1) is 10.5. The Morgan fingerprint density at radius 1 is 1.27 bits per heavy atom. The van der Waals surface area contributed by atoms with E-state index in [0.29, 0.717) is 22.3 Å². The molecule has 0 saturated carbocycles. The molecule has 1 aromatic rings. The lowest BCUT2D eigenvalue weighted by atomic mass is 9.97. The average Bonchev–Trinajstić information content (AvgIpc) is 2.47. The van der Waals surface area contributed by atoms with Crippen LogP contribution in [0.1, 0.15) is 39.0 Å². The van der Waals surface area contributed by atoms with Crippen LogP contribution in [0.5, 0.6) is 5.75 Å². The number of halogens is 2. The van der Waals surface area contributed by atoms with Crippen molar-refractivity contribution < 1.29 is 9.53 Å². The fourth-order valence-electron chi connectivity index (χ4n) is 2.48. The summed E-state index contributed by atoms with van der Waals surface area (Å²) >= 11 is 11.8. The average molecular weight is 342 g/mol. The van der Waals surface area contributed by atoms with E-state index in [0.717, 1.165) is 19.3 Å². The third-order valence-electron chi connectivity index (χ3n) is 3.65. The van der Waals surface area contributed by atoms with E-state index in [1.807, 2.05) is 0 Å².